The minimum atomic E-state index is -0.382. The Morgan fingerprint density at radius 3 is 2.80 bits per heavy atom. The molecule has 2 aromatic rings. The van der Waals surface area contributed by atoms with Crippen molar-refractivity contribution in [1.82, 2.24) is 0 Å². The van der Waals surface area contributed by atoms with Crippen LogP contribution in [0.25, 0.3) is 0 Å². The highest BCUT2D eigenvalue weighted by Crippen LogP contribution is 2.24. The molecular formula is C15H10BrFN2O. The number of hydrogen-bond donors (Lipinski definition) is 1. The van der Waals surface area contributed by atoms with Crippen LogP contribution >= 0.6 is 15.9 Å². The molecule has 3 nitrogen and oxygen atoms in total. The summed E-state index contributed by atoms with van der Waals surface area (Å²) in [6, 6.07) is 11.2. The maximum atomic E-state index is 13.3. The standard InChI is InChI=1S/C15H10BrFN2O/c1-9-5-13(17)12(16)7-14(9)19-15(20)11-4-2-3-10(6-11)8-18/h2-7H,1H3,(H,19,20). The van der Waals surface area contributed by atoms with Gasteiger partial charge in [-0.1, -0.05) is 6.07 Å². The highest BCUT2D eigenvalue weighted by molar-refractivity contribution is 9.10. The van der Waals surface area contributed by atoms with E-state index in [1.807, 2.05) is 6.07 Å². The van der Waals surface area contributed by atoms with Crippen LogP contribution in [0.1, 0.15) is 21.5 Å². The first-order chi connectivity index (χ1) is 9.51. The summed E-state index contributed by atoms with van der Waals surface area (Å²) in [5.74, 6) is -0.726. The minimum Gasteiger partial charge on any atom is -0.322 e. The number of rotatable bonds is 2. The molecule has 20 heavy (non-hydrogen) atoms. The van der Waals surface area contributed by atoms with E-state index in [9.17, 15) is 9.18 Å². The number of hydrogen-bond acceptors (Lipinski definition) is 2. The third-order valence-corrected chi connectivity index (χ3v) is 3.38. The van der Waals surface area contributed by atoms with Crippen LogP contribution in [0.2, 0.25) is 0 Å². The molecule has 0 saturated carbocycles. The first-order valence-corrected chi connectivity index (χ1v) is 6.57. The minimum absolute atomic E-state index is 0.282. The monoisotopic (exact) mass is 332 g/mol. The van der Waals surface area contributed by atoms with Crippen molar-refractivity contribution in [3.05, 3.63) is 63.4 Å². The van der Waals surface area contributed by atoms with E-state index in [1.165, 1.54) is 18.2 Å². The predicted molar refractivity (Wildman–Crippen MR) is 77.9 cm³/mol. The average Bonchev–Trinajstić information content (AvgIpc) is 2.44. The molecule has 0 bridgehead atoms. The summed E-state index contributed by atoms with van der Waals surface area (Å²) in [5.41, 5.74) is 1.93. The molecule has 0 aliphatic heterocycles. The SMILES string of the molecule is Cc1cc(F)c(Br)cc1NC(=O)c1cccc(C#N)c1. The molecule has 0 saturated heterocycles. The van der Waals surface area contributed by atoms with E-state index in [0.717, 1.165) is 0 Å². The molecule has 0 heterocycles. The van der Waals surface area contributed by atoms with Gasteiger partial charge in [0, 0.05) is 11.3 Å². The Kier molecular flexibility index (Phi) is 4.16. The van der Waals surface area contributed by atoms with Crippen LogP contribution in [-0.4, -0.2) is 5.91 Å². The van der Waals surface area contributed by atoms with Gasteiger partial charge < -0.3 is 5.32 Å². The van der Waals surface area contributed by atoms with Gasteiger partial charge in [-0.25, -0.2) is 4.39 Å². The maximum absolute atomic E-state index is 13.3. The van der Waals surface area contributed by atoms with E-state index >= 15 is 0 Å². The van der Waals surface area contributed by atoms with Gasteiger partial charge in [0.15, 0.2) is 0 Å². The van der Waals surface area contributed by atoms with Crippen molar-refractivity contribution in [1.29, 1.82) is 5.26 Å². The third-order valence-electron chi connectivity index (χ3n) is 2.77. The molecule has 2 rings (SSSR count). The summed E-state index contributed by atoms with van der Waals surface area (Å²) < 4.78 is 13.6. The largest absolute Gasteiger partial charge is 0.322 e. The molecule has 0 fully saturated rings. The summed E-state index contributed by atoms with van der Waals surface area (Å²) in [5, 5.41) is 11.5. The van der Waals surface area contributed by atoms with Crippen molar-refractivity contribution in [2.75, 3.05) is 5.32 Å². The molecule has 0 radical (unpaired) electrons. The number of nitriles is 1. The predicted octanol–water partition coefficient (Wildman–Crippen LogP) is 4.02. The van der Waals surface area contributed by atoms with Crippen molar-refractivity contribution in [3.63, 3.8) is 0 Å². The highest BCUT2D eigenvalue weighted by Gasteiger charge is 2.10. The lowest BCUT2D eigenvalue weighted by Crippen LogP contribution is -2.13. The van der Waals surface area contributed by atoms with Crippen molar-refractivity contribution in [3.8, 4) is 6.07 Å². The molecule has 100 valence electrons. The lowest BCUT2D eigenvalue weighted by atomic mass is 10.1. The Bertz CT molecular complexity index is 722. The van der Waals surface area contributed by atoms with Gasteiger partial charge in [0.05, 0.1) is 16.1 Å². The Morgan fingerprint density at radius 1 is 1.35 bits per heavy atom. The number of nitrogens with one attached hydrogen (secondary N) is 1. The van der Waals surface area contributed by atoms with Crippen molar-refractivity contribution >= 4 is 27.5 Å². The lowest BCUT2D eigenvalue weighted by molar-refractivity contribution is 0.102. The number of aryl methyl sites for hydroxylation is 1. The highest BCUT2D eigenvalue weighted by atomic mass is 79.9. The van der Waals surface area contributed by atoms with Crippen molar-refractivity contribution in [2.24, 2.45) is 0 Å². The van der Waals surface area contributed by atoms with Crippen molar-refractivity contribution < 1.29 is 9.18 Å². The molecule has 0 aliphatic carbocycles. The topological polar surface area (TPSA) is 52.9 Å². The van der Waals surface area contributed by atoms with Crippen molar-refractivity contribution in [2.45, 2.75) is 6.92 Å². The van der Waals surface area contributed by atoms with Crippen LogP contribution in [0.3, 0.4) is 0 Å². The zero-order valence-corrected chi connectivity index (χ0v) is 12.2. The summed E-state index contributed by atoms with van der Waals surface area (Å²) in [6.45, 7) is 1.71. The van der Waals surface area contributed by atoms with Gasteiger partial charge in [-0.15, -0.1) is 0 Å². The van der Waals surface area contributed by atoms with Crippen LogP contribution in [0.4, 0.5) is 10.1 Å². The molecule has 0 atom stereocenters. The summed E-state index contributed by atoms with van der Waals surface area (Å²) in [7, 11) is 0. The fourth-order valence-corrected chi connectivity index (χ4v) is 2.05. The average molecular weight is 333 g/mol. The molecule has 0 aromatic heterocycles. The summed E-state index contributed by atoms with van der Waals surface area (Å²) in [6.07, 6.45) is 0. The number of amides is 1. The Morgan fingerprint density at radius 2 is 2.10 bits per heavy atom. The van der Waals surface area contributed by atoms with Gasteiger partial charge in [0.1, 0.15) is 5.82 Å². The second kappa shape index (κ2) is 5.85. The smallest absolute Gasteiger partial charge is 0.255 e. The van der Waals surface area contributed by atoms with Gasteiger partial charge in [0.25, 0.3) is 5.91 Å². The van der Waals surface area contributed by atoms with E-state index in [1.54, 1.807) is 25.1 Å². The Labute approximate surface area is 124 Å². The van der Waals surface area contributed by atoms with E-state index < -0.39 is 0 Å². The molecule has 1 N–H and O–H groups in total. The number of carbonyl (C=O) groups is 1. The number of benzene rings is 2. The van der Waals surface area contributed by atoms with Gasteiger partial charge in [-0.2, -0.15) is 5.26 Å². The van der Waals surface area contributed by atoms with Gasteiger partial charge in [-0.3, -0.25) is 4.79 Å². The first-order valence-electron chi connectivity index (χ1n) is 5.78. The summed E-state index contributed by atoms with van der Waals surface area (Å²) >= 11 is 3.08. The quantitative estimate of drug-likeness (QED) is 0.902. The Hall–Kier alpha value is -2.19. The van der Waals surface area contributed by atoms with E-state index in [0.29, 0.717) is 22.4 Å². The molecule has 0 spiro atoms. The van der Waals surface area contributed by atoms with Gasteiger partial charge in [0.2, 0.25) is 0 Å². The number of anilines is 1. The fourth-order valence-electron chi connectivity index (χ4n) is 1.71. The molecule has 2 aromatic carbocycles. The molecule has 0 unspecified atom stereocenters. The zero-order valence-electron chi connectivity index (χ0n) is 10.6. The normalized spacial score (nSPS) is 9.90. The maximum Gasteiger partial charge on any atom is 0.255 e. The van der Waals surface area contributed by atoms with Crippen LogP contribution in [-0.2, 0) is 0 Å². The second-order valence-corrected chi connectivity index (χ2v) is 5.08. The zero-order chi connectivity index (χ0) is 14.7. The van der Waals surface area contributed by atoms with Gasteiger partial charge in [-0.05, 0) is 58.7 Å². The fraction of sp³-hybridized carbons (Fsp3) is 0.0667. The van der Waals surface area contributed by atoms with Crippen LogP contribution in [0.5, 0.6) is 0 Å². The van der Waals surface area contributed by atoms with E-state index in [4.69, 9.17) is 5.26 Å². The van der Waals surface area contributed by atoms with Gasteiger partial charge >= 0.3 is 0 Å². The van der Waals surface area contributed by atoms with Crippen LogP contribution < -0.4 is 5.32 Å². The number of halogens is 2. The first kappa shape index (κ1) is 14.2. The third kappa shape index (κ3) is 3.03. The lowest BCUT2D eigenvalue weighted by Gasteiger charge is -2.09. The molecule has 5 heteroatoms. The number of carbonyl (C=O) groups excluding carboxylic acids is 1. The summed E-state index contributed by atoms with van der Waals surface area (Å²) in [4.78, 5) is 12.1. The molecular weight excluding hydrogens is 323 g/mol. The van der Waals surface area contributed by atoms with Crippen LogP contribution in [0.15, 0.2) is 40.9 Å². The number of nitrogens with zero attached hydrogens (tertiary/aromatic N) is 1. The van der Waals surface area contributed by atoms with Crippen LogP contribution in [0, 0.1) is 24.1 Å². The molecule has 1 amide bonds. The van der Waals surface area contributed by atoms with E-state index in [-0.39, 0.29) is 16.2 Å². The Balaban J connectivity index is 2.28. The van der Waals surface area contributed by atoms with E-state index in [2.05, 4.69) is 21.2 Å². The molecule has 0 aliphatic rings. The second-order valence-electron chi connectivity index (χ2n) is 4.23.